The minimum atomic E-state index is 0.484. The highest BCUT2D eigenvalue weighted by atomic mass is 16.5. The van der Waals surface area contributed by atoms with Gasteiger partial charge in [0.05, 0.1) is 31.2 Å². The van der Waals surface area contributed by atoms with Crippen molar-refractivity contribution in [1.82, 2.24) is 40.4 Å². The monoisotopic (exact) mass is 523 g/mol. The molecular weight excluding hydrogens is 494 g/mol. The minimum absolute atomic E-state index is 0.484. The van der Waals surface area contributed by atoms with Crippen LogP contribution in [0.2, 0.25) is 0 Å². The Balaban J connectivity index is 1.64. The molecule has 0 saturated heterocycles. The fourth-order valence-electron chi connectivity index (χ4n) is 4.27. The van der Waals surface area contributed by atoms with Gasteiger partial charge in [-0.2, -0.15) is 9.36 Å². The molecule has 11 heteroatoms. The second-order valence-electron chi connectivity index (χ2n) is 8.55. The third-order valence-corrected chi connectivity index (χ3v) is 6.39. The summed E-state index contributed by atoms with van der Waals surface area (Å²) in [6.07, 6.45) is 1.99. The standard InChI is InChI=1S/C28H29N9O2/c1-5-35(6-2)21-9-7-20(8-10-21)19-26(27-29-31-33-36(27)22-11-15-24(38-3)16-12-22)28-30-32-34-37(28)23-13-17-25(39-4)18-14-23/h7-19H,5-6H2,1-4H3. The summed E-state index contributed by atoms with van der Waals surface area (Å²) in [5.74, 6) is 2.44. The van der Waals surface area contributed by atoms with E-state index in [1.165, 1.54) is 0 Å². The molecule has 0 saturated carbocycles. The molecule has 0 aliphatic rings. The quantitative estimate of drug-likeness (QED) is 0.267. The molecule has 2 aromatic heterocycles. The summed E-state index contributed by atoms with van der Waals surface area (Å²) in [5.41, 5.74) is 4.29. The van der Waals surface area contributed by atoms with Crippen LogP contribution in [0.4, 0.5) is 5.69 Å². The van der Waals surface area contributed by atoms with Gasteiger partial charge in [-0.1, -0.05) is 12.1 Å². The third kappa shape index (κ3) is 5.33. The van der Waals surface area contributed by atoms with Crippen molar-refractivity contribution in [2.45, 2.75) is 13.8 Å². The Kier molecular flexibility index (Phi) is 7.58. The van der Waals surface area contributed by atoms with Crippen LogP contribution in [0.25, 0.3) is 23.0 Å². The first kappa shape index (κ1) is 25.6. The molecule has 0 bridgehead atoms. The third-order valence-electron chi connectivity index (χ3n) is 6.39. The van der Waals surface area contributed by atoms with Crippen LogP contribution in [0.5, 0.6) is 11.5 Å². The molecule has 0 spiro atoms. The van der Waals surface area contributed by atoms with Crippen LogP contribution in [0.1, 0.15) is 31.1 Å². The molecule has 0 radical (unpaired) electrons. The first-order chi connectivity index (χ1) is 19.1. The Hall–Kier alpha value is -5.06. The molecule has 0 atom stereocenters. The lowest BCUT2D eigenvalue weighted by atomic mass is 10.1. The average molecular weight is 524 g/mol. The molecule has 11 nitrogen and oxygen atoms in total. The lowest BCUT2D eigenvalue weighted by Gasteiger charge is -2.20. The number of tetrazole rings is 2. The van der Waals surface area contributed by atoms with Crippen molar-refractivity contribution in [3.63, 3.8) is 0 Å². The topological polar surface area (TPSA) is 109 Å². The molecule has 5 aromatic rings. The lowest BCUT2D eigenvalue weighted by Crippen LogP contribution is -2.21. The number of hydrogen-bond acceptors (Lipinski definition) is 9. The number of rotatable bonds is 10. The smallest absolute Gasteiger partial charge is 0.190 e. The number of hydrogen-bond donors (Lipinski definition) is 0. The van der Waals surface area contributed by atoms with Crippen LogP contribution >= 0.6 is 0 Å². The van der Waals surface area contributed by atoms with E-state index in [0.29, 0.717) is 17.2 Å². The van der Waals surface area contributed by atoms with Gasteiger partial charge < -0.3 is 14.4 Å². The Morgan fingerprint density at radius 3 is 1.56 bits per heavy atom. The van der Waals surface area contributed by atoms with Crippen LogP contribution in [-0.2, 0) is 0 Å². The van der Waals surface area contributed by atoms with E-state index in [0.717, 1.165) is 47.2 Å². The maximum atomic E-state index is 5.31. The van der Waals surface area contributed by atoms with Gasteiger partial charge in [0.2, 0.25) is 0 Å². The lowest BCUT2D eigenvalue weighted by molar-refractivity contribution is 0.414. The number of anilines is 1. The zero-order valence-electron chi connectivity index (χ0n) is 22.3. The highest BCUT2D eigenvalue weighted by Gasteiger charge is 2.22. The van der Waals surface area contributed by atoms with Crippen molar-refractivity contribution in [2.24, 2.45) is 0 Å². The molecule has 2 heterocycles. The van der Waals surface area contributed by atoms with Gasteiger partial charge >= 0.3 is 0 Å². The van der Waals surface area contributed by atoms with E-state index in [4.69, 9.17) is 9.47 Å². The predicted molar refractivity (Wildman–Crippen MR) is 148 cm³/mol. The molecule has 0 amide bonds. The Labute approximate surface area is 226 Å². The van der Waals surface area contributed by atoms with Crippen LogP contribution in [0, 0.1) is 0 Å². The number of benzene rings is 3. The SMILES string of the molecule is CCN(CC)c1ccc(C=C(c2nnnn2-c2ccc(OC)cc2)c2nnnn2-c2ccc(OC)cc2)cc1. The summed E-state index contributed by atoms with van der Waals surface area (Å²) < 4.78 is 13.9. The van der Waals surface area contributed by atoms with E-state index >= 15 is 0 Å². The van der Waals surface area contributed by atoms with E-state index in [-0.39, 0.29) is 0 Å². The van der Waals surface area contributed by atoms with E-state index in [1.54, 1.807) is 23.6 Å². The summed E-state index contributed by atoms with van der Waals surface area (Å²) in [4.78, 5) is 2.29. The van der Waals surface area contributed by atoms with Gasteiger partial charge in [-0.15, -0.1) is 10.2 Å². The fraction of sp³-hybridized carbons (Fsp3) is 0.214. The van der Waals surface area contributed by atoms with Crippen LogP contribution in [0.15, 0.2) is 72.8 Å². The molecule has 39 heavy (non-hydrogen) atoms. The van der Waals surface area contributed by atoms with Gasteiger partial charge in [0, 0.05) is 18.8 Å². The highest BCUT2D eigenvalue weighted by molar-refractivity contribution is 5.87. The fourth-order valence-corrected chi connectivity index (χ4v) is 4.27. The maximum absolute atomic E-state index is 5.31. The number of aromatic nitrogens is 8. The second-order valence-corrected chi connectivity index (χ2v) is 8.55. The molecule has 0 aliphatic heterocycles. The molecule has 5 rings (SSSR count). The van der Waals surface area contributed by atoms with Crippen LogP contribution in [0.3, 0.4) is 0 Å². The number of nitrogens with zero attached hydrogens (tertiary/aromatic N) is 9. The maximum Gasteiger partial charge on any atom is 0.190 e. The zero-order chi connectivity index (χ0) is 27.2. The van der Waals surface area contributed by atoms with Gasteiger partial charge in [-0.25, -0.2) is 0 Å². The Morgan fingerprint density at radius 1 is 0.692 bits per heavy atom. The average Bonchev–Trinajstić information content (AvgIpc) is 3.68. The predicted octanol–water partition coefficient (Wildman–Crippen LogP) is 4.09. The first-order valence-corrected chi connectivity index (χ1v) is 12.6. The molecule has 198 valence electrons. The minimum Gasteiger partial charge on any atom is -0.497 e. The normalized spacial score (nSPS) is 10.8. The van der Waals surface area contributed by atoms with Gasteiger partial charge in [-0.3, -0.25) is 0 Å². The van der Waals surface area contributed by atoms with Crippen molar-refractivity contribution >= 4 is 17.3 Å². The van der Waals surface area contributed by atoms with Gasteiger partial charge in [0.25, 0.3) is 0 Å². The molecule has 0 unspecified atom stereocenters. The first-order valence-electron chi connectivity index (χ1n) is 12.6. The molecule has 0 fully saturated rings. The van der Waals surface area contributed by atoms with E-state index < -0.39 is 0 Å². The molecule has 0 aliphatic carbocycles. The number of methoxy groups -OCH3 is 2. The number of ether oxygens (including phenoxy) is 2. The largest absolute Gasteiger partial charge is 0.497 e. The van der Waals surface area contributed by atoms with E-state index in [1.807, 2.05) is 54.6 Å². The van der Waals surface area contributed by atoms with Crippen molar-refractivity contribution in [3.05, 3.63) is 90.0 Å². The van der Waals surface area contributed by atoms with Crippen molar-refractivity contribution in [2.75, 3.05) is 32.2 Å². The van der Waals surface area contributed by atoms with Gasteiger partial charge in [0.1, 0.15) is 11.5 Å². The van der Waals surface area contributed by atoms with E-state index in [9.17, 15) is 0 Å². The zero-order valence-corrected chi connectivity index (χ0v) is 22.3. The van der Waals surface area contributed by atoms with Crippen LogP contribution in [-0.4, -0.2) is 67.7 Å². The second kappa shape index (κ2) is 11.5. The molecule has 3 aromatic carbocycles. The van der Waals surface area contributed by atoms with Crippen molar-refractivity contribution in [3.8, 4) is 22.9 Å². The van der Waals surface area contributed by atoms with E-state index in [2.05, 4.69) is 74.1 Å². The van der Waals surface area contributed by atoms with Crippen molar-refractivity contribution < 1.29 is 9.47 Å². The summed E-state index contributed by atoms with van der Waals surface area (Å²) >= 11 is 0. The molecular formula is C28H29N9O2. The van der Waals surface area contributed by atoms with Crippen molar-refractivity contribution in [1.29, 1.82) is 0 Å². The summed E-state index contributed by atoms with van der Waals surface area (Å²) in [6, 6.07) is 23.3. The van der Waals surface area contributed by atoms with Gasteiger partial charge in [-0.05, 0) is 107 Å². The van der Waals surface area contributed by atoms with Crippen LogP contribution < -0.4 is 14.4 Å². The highest BCUT2D eigenvalue weighted by Crippen LogP contribution is 2.28. The summed E-state index contributed by atoms with van der Waals surface area (Å²) in [7, 11) is 3.26. The summed E-state index contributed by atoms with van der Waals surface area (Å²) in [5, 5.41) is 25.3. The summed E-state index contributed by atoms with van der Waals surface area (Å²) in [6.45, 7) is 6.16. The Bertz CT molecular complexity index is 1450. The van der Waals surface area contributed by atoms with Gasteiger partial charge in [0.15, 0.2) is 11.6 Å². The Morgan fingerprint density at radius 2 is 1.15 bits per heavy atom. The molecule has 0 N–H and O–H groups in total.